The van der Waals surface area contributed by atoms with Crippen LogP contribution in [0, 0.1) is 5.82 Å². The first-order valence-electron chi connectivity index (χ1n) is 6.11. The van der Waals surface area contributed by atoms with E-state index in [-0.39, 0.29) is 5.82 Å². The number of nitrogens with zero attached hydrogens (tertiary/aromatic N) is 4. The van der Waals surface area contributed by atoms with Gasteiger partial charge in [-0.1, -0.05) is 51.2 Å². The van der Waals surface area contributed by atoms with Crippen molar-refractivity contribution in [2.75, 3.05) is 0 Å². The summed E-state index contributed by atoms with van der Waals surface area (Å²) in [7, 11) is 0. The molecule has 0 aliphatic rings. The van der Waals surface area contributed by atoms with E-state index in [9.17, 15) is 4.39 Å². The first-order valence-corrected chi connectivity index (χ1v) is 9.16. The summed E-state index contributed by atoms with van der Waals surface area (Å²) in [5.74, 6) is 0.0325. The van der Waals surface area contributed by atoms with Crippen LogP contribution in [-0.4, -0.2) is 19.9 Å². The molecule has 3 aromatic rings. The fraction of sp³-hybridized carbons (Fsp3) is 0.143. The van der Waals surface area contributed by atoms with Crippen LogP contribution < -0.4 is 0 Å². The van der Waals surface area contributed by atoms with Gasteiger partial charge >= 0.3 is 0 Å². The predicted octanol–water partition coefficient (Wildman–Crippen LogP) is 4.10. The standard InChI is InChI=1S/C14H9FI2N4/c15-10-2-1-8(6-16)5-9(10)13-20-11(7-17)12-14(21-13)19-4-3-18-12/h1-5H,6-7H2. The second-order valence-electron chi connectivity index (χ2n) is 4.30. The highest BCUT2D eigenvalue weighted by molar-refractivity contribution is 14.1. The number of halogens is 3. The van der Waals surface area contributed by atoms with Crippen molar-refractivity contribution in [3.8, 4) is 11.4 Å². The topological polar surface area (TPSA) is 51.6 Å². The average Bonchev–Trinajstić information content (AvgIpc) is 2.54. The third kappa shape index (κ3) is 2.98. The van der Waals surface area contributed by atoms with Crippen LogP contribution in [0.25, 0.3) is 22.6 Å². The van der Waals surface area contributed by atoms with Crippen LogP contribution in [0.2, 0.25) is 0 Å². The van der Waals surface area contributed by atoms with Crippen molar-refractivity contribution in [3.05, 3.63) is 47.7 Å². The second-order valence-corrected chi connectivity index (χ2v) is 5.83. The summed E-state index contributed by atoms with van der Waals surface area (Å²) in [4.78, 5) is 17.3. The lowest BCUT2D eigenvalue weighted by Gasteiger charge is -2.07. The van der Waals surface area contributed by atoms with Gasteiger partial charge in [-0.2, -0.15) is 0 Å². The van der Waals surface area contributed by atoms with Gasteiger partial charge in [-0.15, -0.1) is 0 Å². The molecule has 7 heteroatoms. The molecule has 0 N–H and O–H groups in total. The molecule has 0 spiro atoms. The molecule has 3 rings (SSSR count). The van der Waals surface area contributed by atoms with Gasteiger partial charge in [0.05, 0.1) is 11.3 Å². The van der Waals surface area contributed by atoms with Crippen molar-refractivity contribution in [1.82, 2.24) is 19.9 Å². The SMILES string of the molecule is Fc1ccc(CI)cc1-c1nc(CI)c2nccnc2n1. The van der Waals surface area contributed by atoms with Crippen molar-refractivity contribution in [3.63, 3.8) is 0 Å². The maximum absolute atomic E-state index is 14.1. The Bertz CT molecular complexity index is 810. The molecule has 0 amide bonds. The Morgan fingerprint density at radius 3 is 2.57 bits per heavy atom. The lowest BCUT2D eigenvalue weighted by atomic mass is 10.1. The van der Waals surface area contributed by atoms with Crippen LogP contribution in [0.4, 0.5) is 4.39 Å². The Hall–Kier alpha value is -0.970. The molecule has 21 heavy (non-hydrogen) atoms. The summed E-state index contributed by atoms with van der Waals surface area (Å²) in [5.41, 5.74) is 3.37. The molecule has 0 saturated heterocycles. The number of benzene rings is 1. The van der Waals surface area contributed by atoms with Gasteiger partial charge in [-0.3, -0.25) is 0 Å². The van der Waals surface area contributed by atoms with Crippen molar-refractivity contribution in [2.45, 2.75) is 8.86 Å². The van der Waals surface area contributed by atoms with E-state index >= 15 is 0 Å². The molecule has 0 aliphatic heterocycles. The predicted molar refractivity (Wildman–Crippen MR) is 96.0 cm³/mol. The zero-order valence-electron chi connectivity index (χ0n) is 10.7. The Labute approximate surface area is 147 Å². The van der Waals surface area contributed by atoms with Crippen molar-refractivity contribution < 1.29 is 4.39 Å². The second kappa shape index (κ2) is 6.42. The Kier molecular flexibility index (Phi) is 4.57. The molecule has 0 atom stereocenters. The maximum Gasteiger partial charge on any atom is 0.182 e. The molecule has 1 aromatic carbocycles. The van der Waals surface area contributed by atoms with Gasteiger partial charge in [0.1, 0.15) is 11.3 Å². The molecule has 2 aromatic heterocycles. The molecule has 106 valence electrons. The fourth-order valence-electron chi connectivity index (χ4n) is 1.96. The summed E-state index contributed by atoms with van der Waals surface area (Å²) in [6.07, 6.45) is 3.19. The van der Waals surface area contributed by atoms with Crippen LogP contribution in [0.3, 0.4) is 0 Å². The van der Waals surface area contributed by atoms with Gasteiger partial charge in [0.15, 0.2) is 11.5 Å². The molecule has 0 unspecified atom stereocenters. The molecular weight excluding hydrogens is 497 g/mol. The van der Waals surface area contributed by atoms with E-state index in [0.29, 0.717) is 27.0 Å². The number of hydrogen-bond acceptors (Lipinski definition) is 4. The first-order chi connectivity index (χ1) is 10.2. The average molecular weight is 506 g/mol. The lowest BCUT2D eigenvalue weighted by Crippen LogP contribution is -2.01. The summed E-state index contributed by atoms with van der Waals surface area (Å²) >= 11 is 4.45. The molecule has 4 nitrogen and oxygen atoms in total. The van der Waals surface area contributed by atoms with Gasteiger partial charge in [0.25, 0.3) is 0 Å². The molecule has 0 radical (unpaired) electrons. The van der Waals surface area contributed by atoms with E-state index in [1.54, 1.807) is 24.5 Å². The Morgan fingerprint density at radius 1 is 1.00 bits per heavy atom. The van der Waals surface area contributed by atoms with E-state index in [0.717, 1.165) is 15.7 Å². The minimum atomic E-state index is -0.328. The van der Waals surface area contributed by atoms with Crippen LogP contribution in [0.1, 0.15) is 11.3 Å². The van der Waals surface area contributed by atoms with Crippen molar-refractivity contribution in [1.29, 1.82) is 0 Å². The van der Waals surface area contributed by atoms with Gasteiger partial charge in [-0.25, -0.2) is 24.3 Å². The number of hydrogen-bond donors (Lipinski definition) is 0. The molecule has 0 aliphatic carbocycles. The maximum atomic E-state index is 14.1. The minimum absolute atomic E-state index is 0.328. The minimum Gasteiger partial charge on any atom is -0.249 e. The third-order valence-electron chi connectivity index (χ3n) is 2.96. The number of aromatic nitrogens is 4. The van der Waals surface area contributed by atoms with Crippen LogP contribution >= 0.6 is 45.2 Å². The van der Waals surface area contributed by atoms with E-state index in [4.69, 9.17) is 0 Å². The normalized spacial score (nSPS) is 11.0. The molecule has 0 saturated carbocycles. The molecular formula is C14H9FI2N4. The number of rotatable bonds is 3. The van der Waals surface area contributed by atoms with Gasteiger partial charge in [0, 0.05) is 21.2 Å². The van der Waals surface area contributed by atoms with Gasteiger partial charge < -0.3 is 0 Å². The molecule has 0 bridgehead atoms. The zero-order valence-corrected chi connectivity index (χ0v) is 15.0. The van der Waals surface area contributed by atoms with E-state index in [1.165, 1.54) is 6.07 Å². The summed E-state index contributed by atoms with van der Waals surface area (Å²) in [5, 5.41) is 0. The van der Waals surface area contributed by atoms with Crippen LogP contribution in [-0.2, 0) is 8.86 Å². The monoisotopic (exact) mass is 506 g/mol. The quantitative estimate of drug-likeness (QED) is 0.397. The molecule has 0 fully saturated rings. The summed E-state index contributed by atoms with van der Waals surface area (Å²) in [6.45, 7) is 0. The van der Waals surface area contributed by atoms with E-state index < -0.39 is 0 Å². The summed E-state index contributed by atoms with van der Waals surface area (Å²) < 4.78 is 15.6. The molecule has 2 heterocycles. The highest BCUT2D eigenvalue weighted by Gasteiger charge is 2.14. The zero-order chi connectivity index (χ0) is 14.8. The van der Waals surface area contributed by atoms with Crippen molar-refractivity contribution >= 4 is 56.3 Å². The lowest BCUT2D eigenvalue weighted by molar-refractivity contribution is 0.629. The fourth-order valence-corrected chi connectivity index (χ4v) is 2.97. The number of alkyl halides is 2. The first kappa shape index (κ1) is 14.9. The van der Waals surface area contributed by atoms with Crippen LogP contribution in [0.5, 0.6) is 0 Å². The largest absolute Gasteiger partial charge is 0.249 e. The Balaban J connectivity index is 2.25. The third-order valence-corrected chi connectivity index (χ3v) is 4.56. The van der Waals surface area contributed by atoms with Gasteiger partial charge in [0.2, 0.25) is 0 Å². The Morgan fingerprint density at radius 2 is 1.81 bits per heavy atom. The number of fused-ring (bicyclic) bond motifs is 1. The van der Waals surface area contributed by atoms with Gasteiger partial charge in [-0.05, 0) is 17.7 Å². The van der Waals surface area contributed by atoms with E-state index in [1.807, 2.05) is 0 Å². The highest BCUT2D eigenvalue weighted by Crippen LogP contribution is 2.25. The van der Waals surface area contributed by atoms with E-state index in [2.05, 4.69) is 65.1 Å². The highest BCUT2D eigenvalue weighted by atomic mass is 127. The van der Waals surface area contributed by atoms with Crippen LogP contribution in [0.15, 0.2) is 30.6 Å². The smallest absolute Gasteiger partial charge is 0.182 e. The summed E-state index contributed by atoms with van der Waals surface area (Å²) in [6, 6.07) is 5.01. The van der Waals surface area contributed by atoms with Crippen molar-refractivity contribution in [2.24, 2.45) is 0 Å².